The maximum absolute atomic E-state index is 6.03. The minimum absolute atomic E-state index is 0.415. The van der Waals surface area contributed by atoms with Crippen molar-refractivity contribution in [1.29, 1.82) is 0 Å². The Morgan fingerprint density at radius 3 is 2.76 bits per heavy atom. The summed E-state index contributed by atoms with van der Waals surface area (Å²) >= 11 is 3.61. The Morgan fingerprint density at radius 2 is 1.94 bits per heavy atom. The number of aromatic nitrogens is 4. The standard InChI is InChI=1S/C26H25BrN6O/c27-22-16-30-33-25(29-15-18-4-3-9-28-14-18)13-23(31-26(22)33)19-7-10-32(11-8-19)17-21-12-20-5-1-2-6-24(20)34-21/h1-6,9,12-14,16,19,29H,7-8,10-11,15,17H2. The quantitative estimate of drug-likeness (QED) is 0.315. The molecular weight excluding hydrogens is 492 g/mol. The lowest BCUT2D eigenvalue weighted by Crippen LogP contribution is -2.32. The molecule has 0 bridgehead atoms. The predicted molar refractivity (Wildman–Crippen MR) is 136 cm³/mol. The molecule has 1 fully saturated rings. The normalized spacial score (nSPS) is 15.3. The molecule has 5 aromatic rings. The van der Waals surface area contributed by atoms with Gasteiger partial charge in [0, 0.05) is 42.0 Å². The molecule has 1 aliphatic heterocycles. The van der Waals surface area contributed by atoms with E-state index in [-0.39, 0.29) is 0 Å². The van der Waals surface area contributed by atoms with Crippen molar-refractivity contribution in [2.45, 2.75) is 31.8 Å². The largest absolute Gasteiger partial charge is 0.460 e. The van der Waals surface area contributed by atoms with Crippen molar-refractivity contribution in [2.75, 3.05) is 18.4 Å². The molecule has 7 nitrogen and oxygen atoms in total. The van der Waals surface area contributed by atoms with Crippen LogP contribution in [-0.2, 0) is 13.1 Å². The molecule has 0 amide bonds. The first-order valence-corrected chi connectivity index (χ1v) is 12.4. The maximum Gasteiger partial charge on any atom is 0.171 e. The van der Waals surface area contributed by atoms with Gasteiger partial charge in [-0.3, -0.25) is 9.88 Å². The molecule has 0 radical (unpaired) electrons. The van der Waals surface area contributed by atoms with Crippen LogP contribution in [0.4, 0.5) is 5.82 Å². The first-order chi connectivity index (χ1) is 16.7. The summed E-state index contributed by atoms with van der Waals surface area (Å²) < 4.78 is 8.80. The minimum atomic E-state index is 0.415. The maximum atomic E-state index is 6.03. The third-order valence-corrected chi connectivity index (χ3v) is 7.07. The Hall–Kier alpha value is -3.23. The highest BCUT2D eigenvalue weighted by Crippen LogP contribution is 2.31. The molecule has 172 valence electrons. The van der Waals surface area contributed by atoms with E-state index in [0.29, 0.717) is 12.5 Å². The minimum Gasteiger partial charge on any atom is -0.460 e. The fourth-order valence-corrected chi connectivity index (χ4v) is 5.06. The van der Waals surface area contributed by atoms with Gasteiger partial charge in [0.15, 0.2) is 5.65 Å². The number of benzene rings is 1. The number of rotatable bonds is 6. The van der Waals surface area contributed by atoms with Gasteiger partial charge in [-0.25, -0.2) is 4.98 Å². The van der Waals surface area contributed by atoms with Crippen molar-refractivity contribution in [3.63, 3.8) is 0 Å². The van der Waals surface area contributed by atoms with Crippen LogP contribution in [0.2, 0.25) is 0 Å². The predicted octanol–water partition coefficient (Wildman–Crippen LogP) is 5.62. The van der Waals surface area contributed by atoms with Gasteiger partial charge in [0.2, 0.25) is 0 Å². The highest BCUT2D eigenvalue weighted by atomic mass is 79.9. The second-order valence-electron chi connectivity index (χ2n) is 8.81. The highest BCUT2D eigenvalue weighted by Gasteiger charge is 2.24. The van der Waals surface area contributed by atoms with Crippen LogP contribution >= 0.6 is 15.9 Å². The van der Waals surface area contributed by atoms with Gasteiger partial charge < -0.3 is 9.73 Å². The molecule has 8 heteroatoms. The third kappa shape index (κ3) is 4.31. The molecular formula is C26H25BrN6O. The zero-order chi connectivity index (χ0) is 22.9. The van der Waals surface area contributed by atoms with Gasteiger partial charge in [0.1, 0.15) is 17.2 Å². The van der Waals surface area contributed by atoms with Crippen molar-refractivity contribution in [3.05, 3.63) is 88.6 Å². The van der Waals surface area contributed by atoms with Gasteiger partial charge in [0.05, 0.1) is 17.2 Å². The molecule has 4 aromatic heterocycles. The van der Waals surface area contributed by atoms with Gasteiger partial charge in [-0.2, -0.15) is 9.61 Å². The Balaban J connectivity index is 1.17. The average molecular weight is 517 g/mol. The van der Waals surface area contributed by atoms with Crippen molar-refractivity contribution in [3.8, 4) is 0 Å². The van der Waals surface area contributed by atoms with E-state index in [4.69, 9.17) is 9.40 Å². The number of furan rings is 1. The lowest BCUT2D eigenvalue weighted by Gasteiger charge is -2.31. The van der Waals surface area contributed by atoms with Crippen LogP contribution in [0, 0.1) is 0 Å². The van der Waals surface area contributed by atoms with Gasteiger partial charge in [-0.15, -0.1) is 0 Å². The van der Waals surface area contributed by atoms with E-state index in [2.05, 4.69) is 66.6 Å². The first kappa shape index (κ1) is 21.3. The van der Waals surface area contributed by atoms with E-state index in [0.717, 1.165) is 71.0 Å². The summed E-state index contributed by atoms with van der Waals surface area (Å²) in [5, 5.41) is 9.20. The lowest BCUT2D eigenvalue weighted by atomic mass is 9.93. The van der Waals surface area contributed by atoms with Gasteiger partial charge >= 0.3 is 0 Å². The van der Waals surface area contributed by atoms with Crippen molar-refractivity contribution in [1.82, 2.24) is 24.5 Å². The van der Waals surface area contributed by atoms with E-state index < -0.39 is 0 Å². The molecule has 6 rings (SSSR count). The average Bonchev–Trinajstić information content (AvgIpc) is 3.46. The lowest BCUT2D eigenvalue weighted by molar-refractivity contribution is 0.191. The summed E-state index contributed by atoms with van der Waals surface area (Å²) in [4.78, 5) is 11.7. The van der Waals surface area contributed by atoms with Crippen LogP contribution < -0.4 is 5.32 Å². The molecule has 0 atom stereocenters. The number of likely N-dealkylation sites (tertiary alicyclic amines) is 1. The van der Waals surface area contributed by atoms with E-state index >= 15 is 0 Å². The molecule has 0 saturated carbocycles. The fourth-order valence-electron chi connectivity index (χ4n) is 4.71. The number of anilines is 1. The molecule has 1 aliphatic rings. The number of piperidine rings is 1. The van der Waals surface area contributed by atoms with Crippen LogP contribution in [0.1, 0.15) is 35.8 Å². The van der Waals surface area contributed by atoms with Crippen LogP contribution in [0.5, 0.6) is 0 Å². The number of nitrogens with one attached hydrogen (secondary N) is 1. The van der Waals surface area contributed by atoms with Crippen LogP contribution in [0.25, 0.3) is 16.6 Å². The number of hydrogen-bond acceptors (Lipinski definition) is 6. The first-order valence-electron chi connectivity index (χ1n) is 11.6. The zero-order valence-corrected chi connectivity index (χ0v) is 20.3. The molecule has 0 unspecified atom stereocenters. The summed E-state index contributed by atoms with van der Waals surface area (Å²) in [6.07, 6.45) is 7.60. The third-order valence-electron chi connectivity index (χ3n) is 6.51. The topological polar surface area (TPSA) is 71.5 Å². The number of nitrogens with zero attached hydrogens (tertiary/aromatic N) is 5. The van der Waals surface area contributed by atoms with Crippen LogP contribution in [-0.4, -0.2) is 37.6 Å². The molecule has 1 N–H and O–H groups in total. The number of fused-ring (bicyclic) bond motifs is 2. The Morgan fingerprint density at radius 1 is 1.06 bits per heavy atom. The molecule has 0 spiro atoms. The second-order valence-corrected chi connectivity index (χ2v) is 9.66. The van der Waals surface area contributed by atoms with E-state index in [1.54, 1.807) is 12.4 Å². The molecule has 34 heavy (non-hydrogen) atoms. The van der Waals surface area contributed by atoms with Crippen molar-refractivity contribution >= 4 is 38.4 Å². The van der Waals surface area contributed by atoms with Crippen LogP contribution in [0.3, 0.4) is 0 Å². The Kier molecular flexibility index (Phi) is 5.76. The van der Waals surface area contributed by atoms with Gasteiger partial charge in [0.25, 0.3) is 0 Å². The summed E-state index contributed by atoms with van der Waals surface area (Å²) in [6, 6.07) is 16.5. The summed E-state index contributed by atoms with van der Waals surface area (Å²) in [5.41, 5.74) is 4.04. The van der Waals surface area contributed by atoms with Gasteiger partial charge in [-0.1, -0.05) is 24.3 Å². The highest BCUT2D eigenvalue weighted by molar-refractivity contribution is 9.10. The van der Waals surface area contributed by atoms with Crippen molar-refractivity contribution in [2.24, 2.45) is 0 Å². The smallest absolute Gasteiger partial charge is 0.171 e. The number of para-hydroxylation sites is 1. The monoisotopic (exact) mass is 516 g/mol. The zero-order valence-electron chi connectivity index (χ0n) is 18.7. The summed E-state index contributed by atoms with van der Waals surface area (Å²) in [5.74, 6) is 2.39. The van der Waals surface area contributed by atoms with Crippen LogP contribution in [0.15, 0.2) is 76.0 Å². The molecule has 1 saturated heterocycles. The number of halogens is 1. The SMILES string of the molecule is Brc1cnn2c(NCc3cccnc3)cc(C3CCN(Cc4cc5ccccc5o4)CC3)nc12. The Labute approximate surface area is 205 Å². The van der Waals surface area contributed by atoms with Gasteiger partial charge in [-0.05, 0) is 65.6 Å². The summed E-state index contributed by atoms with van der Waals surface area (Å²) in [7, 11) is 0. The summed E-state index contributed by atoms with van der Waals surface area (Å²) in [6.45, 7) is 3.57. The second kappa shape index (κ2) is 9.19. The number of pyridine rings is 1. The Bertz CT molecular complexity index is 1390. The fraction of sp³-hybridized carbons (Fsp3) is 0.269. The molecule has 1 aromatic carbocycles. The number of hydrogen-bond donors (Lipinski definition) is 1. The molecule has 5 heterocycles. The van der Waals surface area contributed by atoms with Crippen molar-refractivity contribution < 1.29 is 4.42 Å². The van der Waals surface area contributed by atoms with E-state index in [1.807, 2.05) is 28.9 Å². The van der Waals surface area contributed by atoms with E-state index in [1.165, 1.54) is 5.39 Å². The van der Waals surface area contributed by atoms with E-state index in [9.17, 15) is 0 Å². The molecule has 0 aliphatic carbocycles.